The van der Waals surface area contributed by atoms with E-state index in [9.17, 15) is 57.5 Å². The van der Waals surface area contributed by atoms with E-state index in [0.717, 1.165) is 0 Å². The van der Waals surface area contributed by atoms with E-state index < -0.39 is 161 Å². The van der Waals surface area contributed by atoms with E-state index in [0.29, 0.717) is 83.1 Å². The average molecular weight is 1280 g/mol. The normalized spacial score (nSPS) is 11.6. The van der Waals surface area contributed by atoms with E-state index in [4.69, 9.17) is 47.9 Å². The third-order valence-electron chi connectivity index (χ3n) is 4.22. The van der Waals surface area contributed by atoms with Crippen LogP contribution in [-0.2, 0) is 105 Å². The third kappa shape index (κ3) is 20.9. The van der Waals surface area contributed by atoms with Crippen LogP contribution in [0, 0.1) is 0 Å². The molecule has 0 saturated heterocycles. The Morgan fingerprint density at radius 1 is 0.228 bits per heavy atom. The molecule has 57 heavy (non-hydrogen) atoms. The van der Waals surface area contributed by atoms with Gasteiger partial charge in [-0.05, 0) is 0 Å². The Morgan fingerprint density at radius 3 is 0.386 bits per heavy atom. The van der Waals surface area contributed by atoms with Crippen LogP contribution in [0.15, 0.2) is 0 Å². The number of carbonyl (C=O) groups is 12. The fourth-order valence-electron chi connectivity index (χ4n) is 3.35. The van der Waals surface area contributed by atoms with Crippen LogP contribution < -0.4 is 0 Å². The molecular weight excluding hydrogens is 1240 g/mol. The first kappa shape index (κ1) is 53.9. The van der Waals surface area contributed by atoms with Crippen LogP contribution in [0.3, 0.4) is 0 Å². The van der Waals surface area contributed by atoms with Gasteiger partial charge in [0.25, 0.3) is 0 Å². The Bertz CT molecular complexity index is 1250. The quantitative estimate of drug-likeness (QED) is 0.119. The zero-order chi connectivity index (χ0) is 44.7. The van der Waals surface area contributed by atoms with Gasteiger partial charge in [0.1, 0.15) is 0 Å². The molecule has 28 nitrogen and oxygen atoms in total. The SMILES string of the molecule is CC(=O)[O][Sn]([O]C(C)=O)([O]C(C)=O)[O][Si]([O][Sn]([O]C(C)=O)([O]C(C)=O)[O]C(C)=O)([O][Sn]([O]C(C)=O)([O]C(C)=O)[O]C(C)=O)[O][Sn]([O]C(C)=O)([O]C(C)=O)[O]C(C)=O. The molecule has 0 saturated carbocycles. The van der Waals surface area contributed by atoms with Gasteiger partial charge < -0.3 is 0 Å². The van der Waals surface area contributed by atoms with Gasteiger partial charge in [-0.15, -0.1) is 0 Å². The van der Waals surface area contributed by atoms with Gasteiger partial charge >= 0.3 is 349 Å². The van der Waals surface area contributed by atoms with Gasteiger partial charge in [0.15, 0.2) is 0 Å². The minimum atomic E-state index is -7.40. The summed E-state index contributed by atoms with van der Waals surface area (Å²) in [5.41, 5.74) is 0. The summed E-state index contributed by atoms with van der Waals surface area (Å²) in [6, 6.07) is 0. The fraction of sp³-hybridized carbons (Fsp3) is 0.500. The van der Waals surface area contributed by atoms with Gasteiger partial charge in [-0.2, -0.15) is 0 Å². The van der Waals surface area contributed by atoms with E-state index in [2.05, 4.69) is 0 Å². The summed E-state index contributed by atoms with van der Waals surface area (Å²) in [4.78, 5) is 151. The maximum atomic E-state index is 12.5. The molecule has 0 aliphatic heterocycles. The molecule has 0 unspecified atom stereocenters. The minimum absolute atomic E-state index is 0.605. The first-order valence-electron chi connectivity index (χ1n) is 15.0. The maximum absolute atomic E-state index is 12.5. The molecule has 0 amide bonds. The summed E-state index contributed by atoms with van der Waals surface area (Å²) in [6.07, 6.45) is 0. The van der Waals surface area contributed by atoms with Gasteiger partial charge in [0.2, 0.25) is 0 Å². The number of hydrogen-bond donors (Lipinski definition) is 0. The molecule has 0 radical (unpaired) electrons. The monoisotopic (exact) mass is 1280 g/mol. The summed E-state index contributed by atoms with van der Waals surface area (Å²) in [6.45, 7) is 7.26. The summed E-state index contributed by atoms with van der Waals surface area (Å²) in [7, 11) is -7.09. The van der Waals surface area contributed by atoms with Crippen molar-refractivity contribution in [2.75, 3.05) is 0 Å². The number of carbonyl (C=O) groups excluding carboxylic acids is 12. The molecule has 0 aliphatic rings. The molecule has 0 heterocycles. The summed E-state index contributed by atoms with van der Waals surface area (Å²) in [5, 5.41) is 0. The van der Waals surface area contributed by atoms with E-state index in [-0.39, 0.29) is 0 Å². The molecule has 0 aromatic rings. The van der Waals surface area contributed by atoms with Gasteiger partial charge in [0, 0.05) is 0 Å². The van der Waals surface area contributed by atoms with Crippen LogP contribution in [-0.4, -0.2) is 161 Å². The summed E-state index contributed by atoms with van der Waals surface area (Å²) < 4.78 is 83.5. The van der Waals surface area contributed by atoms with Crippen molar-refractivity contribution < 1.29 is 105 Å². The second-order valence-corrected chi connectivity index (χ2v) is 37.2. The van der Waals surface area contributed by atoms with Crippen LogP contribution in [0.1, 0.15) is 83.1 Å². The molecule has 0 spiro atoms. The zero-order valence-electron chi connectivity index (χ0n) is 31.9. The van der Waals surface area contributed by atoms with Crippen molar-refractivity contribution in [3.8, 4) is 0 Å². The number of hydrogen-bond acceptors (Lipinski definition) is 28. The molecular formula is C24H36O28SiSn4. The van der Waals surface area contributed by atoms with Crippen LogP contribution in [0.25, 0.3) is 0 Å². The Kier molecular flexibility index (Phi) is 21.6. The van der Waals surface area contributed by atoms with Gasteiger partial charge in [-0.25, -0.2) is 0 Å². The van der Waals surface area contributed by atoms with E-state index in [1.807, 2.05) is 0 Å². The zero-order valence-corrected chi connectivity index (χ0v) is 44.3. The predicted octanol–water partition coefficient (Wildman–Crippen LogP) is -2.01. The molecule has 0 aromatic heterocycles. The second-order valence-electron chi connectivity index (χ2n) is 10.0. The molecule has 33 heteroatoms. The Labute approximate surface area is 346 Å². The predicted molar refractivity (Wildman–Crippen MR) is 174 cm³/mol. The van der Waals surface area contributed by atoms with Gasteiger partial charge in [-0.1, -0.05) is 0 Å². The Balaban J connectivity index is 9.57. The molecule has 0 aliphatic carbocycles. The van der Waals surface area contributed by atoms with Crippen molar-refractivity contribution in [1.82, 2.24) is 0 Å². The fourth-order valence-corrected chi connectivity index (χ4v) is 50.1. The molecule has 320 valence electrons. The van der Waals surface area contributed by atoms with Crippen LogP contribution in [0.2, 0.25) is 0 Å². The first-order chi connectivity index (χ1) is 25.8. The van der Waals surface area contributed by atoms with Crippen molar-refractivity contribution >= 4 is 161 Å². The Morgan fingerprint density at radius 2 is 0.316 bits per heavy atom. The van der Waals surface area contributed by atoms with Crippen molar-refractivity contribution in [2.24, 2.45) is 0 Å². The van der Waals surface area contributed by atoms with Crippen molar-refractivity contribution in [3.05, 3.63) is 0 Å². The van der Waals surface area contributed by atoms with E-state index >= 15 is 0 Å². The Hall–Kier alpha value is -3.11. The van der Waals surface area contributed by atoms with Crippen molar-refractivity contribution in [3.63, 3.8) is 0 Å². The van der Waals surface area contributed by atoms with Crippen molar-refractivity contribution in [2.45, 2.75) is 83.1 Å². The van der Waals surface area contributed by atoms with E-state index in [1.165, 1.54) is 0 Å². The molecule has 0 atom stereocenters. The van der Waals surface area contributed by atoms with Crippen LogP contribution >= 0.6 is 0 Å². The summed E-state index contributed by atoms with van der Waals surface area (Å²) in [5.74, 6) is -18.4. The van der Waals surface area contributed by atoms with Crippen LogP contribution in [0.4, 0.5) is 0 Å². The third-order valence-corrected chi connectivity index (χ3v) is 41.8. The van der Waals surface area contributed by atoms with Gasteiger partial charge in [-0.3, -0.25) is 0 Å². The topological polar surface area (TPSA) is 353 Å². The standard InChI is InChI=1S/12C2H4O2.O4Si.4Sn/c12*1-2(3)4;1-5(2,3)4;;;;/h12*1H3,(H,3,4);;;;;/q;;;;;;;;;;;;-4;4*+4/p-12. The molecule has 0 rings (SSSR count). The summed E-state index contributed by atoms with van der Waals surface area (Å²) >= 11 is -29.6. The van der Waals surface area contributed by atoms with Gasteiger partial charge in [0.05, 0.1) is 0 Å². The van der Waals surface area contributed by atoms with E-state index in [1.54, 1.807) is 0 Å². The average Bonchev–Trinajstić information content (AvgIpc) is 2.86. The molecule has 0 aromatic carbocycles. The van der Waals surface area contributed by atoms with Crippen LogP contribution in [0.5, 0.6) is 0 Å². The molecule has 0 fully saturated rings. The molecule has 0 N–H and O–H groups in total. The number of rotatable bonds is 20. The molecule has 0 bridgehead atoms. The second kappa shape index (κ2) is 22.9. The first-order valence-corrected chi connectivity index (χ1v) is 35.3. The van der Waals surface area contributed by atoms with Crippen molar-refractivity contribution in [1.29, 1.82) is 0 Å².